The highest BCUT2D eigenvalue weighted by Gasteiger charge is 2.23. The lowest BCUT2D eigenvalue weighted by atomic mass is 10.1. The Bertz CT molecular complexity index is 1010. The summed E-state index contributed by atoms with van der Waals surface area (Å²) in [4.78, 5) is 24.5. The molecule has 146 valence electrons. The molecule has 27 heavy (non-hydrogen) atoms. The Balaban J connectivity index is 2.17. The molecule has 1 heterocycles. The van der Waals surface area contributed by atoms with E-state index in [0.717, 1.165) is 11.8 Å². The molecule has 2 aromatic rings. The fraction of sp³-hybridized carbons (Fsp3) is 0.353. The number of primary sulfonamides is 1. The highest BCUT2D eigenvalue weighted by atomic mass is 32.2. The van der Waals surface area contributed by atoms with Crippen LogP contribution >= 0.6 is 0 Å². The summed E-state index contributed by atoms with van der Waals surface area (Å²) in [6.45, 7) is 6.60. The second kappa shape index (κ2) is 7.49. The van der Waals surface area contributed by atoms with Crippen LogP contribution in [0.25, 0.3) is 0 Å². The molecule has 0 spiro atoms. The molecule has 3 N–H and O–H groups in total. The third kappa shape index (κ3) is 4.52. The first-order valence-corrected chi connectivity index (χ1v) is 9.62. The molecule has 9 nitrogen and oxygen atoms in total. The van der Waals surface area contributed by atoms with Crippen LogP contribution in [-0.4, -0.2) is 36.2 Å². The quantitative estimate of drug-likeness (QED) is 0.732. The minimum atomic E-state index is -3.96. The van der Waals surface area contributed by atoms with Gasteiger partial charge in [-0.25, -0.2) is 18.4 Å². The van der Waals surface area contributed by atoms with Gasteiger partial charge in [0.05, 0.1) is 27.5 Å². The van der Waals surface area contributed by atoms with Crippen molar-refractivity contribution >= 4 is 27.6 Å². The number of benzene rings is 1. The van der Waals surface area contributed by atoms with E-state index in [1.807, 2.05) is 0 Å². The van der Waals surface area contributed by atoms with Crippen LogP contribution in [-0.2, 0) is 26.6 Å². The Morgan fingerprint density at radius 3 is 2.41 bits per heavy atom. The number of aromatic nitrogens is 2. The minimum absolute atomic E-state index is 0.0231. The standard InChI is InChI=1S/C17H22N4O5S/c1-9-6-7-13(27(18,24)25)8-14(9)17(23)26-12(4)16(22)19-15-10(2)20-21(5)11(15)3/h6-8,12H,1-5H3,(H,19,22)(H2,18,24,25). The molecular formula is C17H22N4O5S. The van der Waals surface area contributed by atoms with E-state index in [1.165, 1.54) is 19.1 Å². The van der Waals surface area contributed by atoms with Crippen LogP contribution in [0.15, 0.2) is 23.1 Å². The summed E-state index contributed by atoms with van der Waals surface area (Å²) in [5.41, 5.74) is 2.47. The number of rotatable bonds is 5. The fourth-order valence-electron chi connectivity index (χ4n) is 2.45. The summed E-state index contributed by atoms with van der Waals surface area (Å²) in [5, 5.41) is 12.0. The maximum atomic E-state index is 12.4. The average Bonchev–Trinajstić information content (AvgIpc) is 2.80. The van der Waals surface area contributed by atoms with Crippen molar-refractivity contribution < 1.29 is 22.7 Å². The number of amides is 1. The fourth-order valence-corrected chi connectivity index (χ4v) is 2.99. The number of anilines is 1. The van der Waals surface area contributed by atoms with Crippen LogP contribution in [0.3, 0.4) is 0 Å². The van der Waals surface area contributed by atoms with Crippen molar-refractivity contribution in [2.24, 2.45) is 12.2 Å². The lowest BCUT2D eigenvalue weighted by Gasteiger charge is -2.15. The van der Waals surface area contributed by atoms with Crippen LogP contribution in [0.4, 0.5) is 5.69 Å². The Labute approximate surface area is 157 Å². The molecule has 0 aliphatic carbocycles. The summed E-state index contributed by atoms with van der Waals surface area (Å²) < 4.78 is 29.8. The Morgan fingerprint density at radius 2 is 1.89 bits per heavy atom. The van der Waals surface area contributed by atoms with Crippen LogP contribution < -0.4 is 10.5 Å². The highest BCUT2D eigenvalue weighted by molar-refractivity contribution is 7.89. The molecule has 2 rings (SSSR count). The van der Waals surface area contributed by atoms with Crippen LogP contribution in [0.5, 0.6) is 0 Å². The van der Waals surface area contributed by atoms with Gasteiger partial charge in [0, 0.05) is 7.05 Å². The molecule has 0 saturated heterocycles. The first kappa shape index (κ1) is 20.6. The molecule has 0 aliphatic rings. The Kier molecular flexibility index (Phi) is 5.71. The zero-order valence-corrected chi connectivity index (χ0v) is 16.5. The van der Waals surface area contributed by atoms with Gasteiger partial charge in [-0.2, -0.15) is 5.10 Å². The second-order valence-corrected chi connectivity index (χ2v) is 7.79. The van der Waals surface area contributed by atoms with Gasteiger partial charge in [0.25, 0.3) is 5.91 Å². The first-order chi connectivity index (χ1) is 12.4. The van der Waals surface area contributed by atoms with E-state index < -0.39 is 28.0 Å². The van der Waals surface area contributed by atoms with E-state index in [2.05, 4.69) is 10.4 Å². The highest BCUT2D eigenvalue weighted by Crippen LogP contribution is 2.20. The Morgan fingerprint density at radius 1 is 1.26 bits per heavy atom. The van der Waals surface area contributed by atoms with Crippen molar-refractivity contribution in [2.75, 3.05) is 5.32 Å². The molecule has 1 aromatic heterocycles. The van der Waals surface area contributed by atoms with E-state index >= 15 is 0 Å². The van der Waals surface area contributed by atoms with E-state index in [4.69, 9.17) is 9.88 Å². The van der Waals surface area contributed by atoms with Gasteiger partial charge < -0.3 is 10.1 Å². The van der Waals surface area contributed by atoms with E-state index in [-0.39, 0.29) is 10.5 Å². The third-order valence-electron chi connectivity index (χ3n) is 4.17. The minimum Gasteiger partial charge on any atom is -0.449 e. The number of sulfonamides is 1. The van der Waals surface area contributed by atoms with Gasteiger partial charge in [-0.1, -0.05) is 6.07 Å². The van der Waals surface area contributed by atoms with Gasteiger partial charge in [0.2, 0.25) is 10.0 Å². The number of carbonyl (C=O) groups excluding carboxylic acids is 2. The molecule has 0 bridgehead atoms. The number of nitrogens with one attached hydrogen (secondary N) is 1. The summed E-state index contributed by atoms with van der Waals surface area (Å²) in [6.07, 6.45) is -1.10. The van der Waals surface area contributed by atoms with Gasteiger partial charge in [0.1, 0.15) is 0 Å². The predicted molar refractivity (Wildman–Crippen MR) is 98.7 cm³/mol. The number of nitrogens with zero attached hydrogens (tertiary/aromatic N) is 2. The monoisotopic (exact) mass is 394 g/mol. The maximum Gasteiger partial charge on any atom is 0.339 e. The molecular weight excluding hydrogens is 372 g/mol. The van der Waals surface area contributed by atoms with Gasteiger partial charge in [-0.05, 0) is 45.4 Å². The maximum absolute atomic E-state index is 12.4. The molecule has 1 unspecified atom stereocenters. The Hall–Kier alpha value is -2.72. The number of nitrogens with two attached hydrogens (primary N) is 1. The molecule has 0 fully saturated rings. The number of carbonyl (C=O) groups is 2. The summed E-state index contributed by atoms with van der Waals surface area (Å²) in [5.74, 6) is -1.34. The molecule has 0 radical (unpaired) electrons. The molecule has 1 aromatic carbocycles. The lowest BCUT2D eigenvalue weighted by molar-refractivity contribution is -0.123. The number of ether oxygens (including phenoxy) is 1. The molecule has 10 heteroatoms. The van der Waals surface area contributed by atoms with E-state index in [9.17, 15) is 18.0 Å². The van der Waals surface area contributed by atoms with Gasteiger partial charge in [0.15, 0.2) is 6.10 Å². The number of esters is 1. The van der Waals surface area contributed by atoms with E-state index in [0.29, 0.717) is 16.9 Å². The van der Waals surface area contributed by atoms with Crippen molar-refractivity contribution in [3.63, 3.8) is 0 Å². The van der Waals surface area contributed by atoms with Crippen molar-refractivity contribution in [1.82, 2.24) is 9.78 Å². The van der Waals surface area contributed by atoms with Crippen molar-refractivity contribution in [3.8, 4) is 0 Å². The second-order valence-electron chi connectivity index (χ2n) is 6.23. The SMILES string of the molecule is Cc1ccc(S(N)(=O)=O)cc1C(=O)OC(C)C(=O)Nc1c(C)nn(C)c1C. The first-order valence-electron chi connectivity index (χ1n) is 8.07. The van der Waals surface area contributed by atoms with Gasteiger partial charge >= 0.3 is 5.97 Å². The number of hydrogen-bond acceptors (Lipinski definition) is 6. The topological polar surface area (TPSA) is 133 Å². The average molecular weight is 394 g/mol. The third-order valence-corrected chi connectivity index (χ3v) is 5.08. The molecule has 1 amide bonds. The predicted octanol–water partition coefficient (Wildman–Crippen LogP) is 1.18. The zero-order valence-electron chi connectivity index (χ0n) is 15.7. The number of aryl methyl sites for hydroxylation is 3. The van der Waals surface area contributed by atoms with E-state index in [1.54, 1.807) is 32.5 Å². The number of hydrogen-bond donors (Lipinski definition) is 2. The summed E-state index contributed by atoms with van der Waals surface area (Å²) in [6, 6.07) is 3.88. The molecule has 0 aliphatic heterocycles. The molecule has 0 saturated carbocycles. The van der Waals surface area contributed by atoms with Crippen molar-refractivity contribution in [3.05, 3.63) is 40.7 Å². The molecule has 1 atom stereocenters. The van der Waals surface area contributed by atoms with Crippen LogP contribution in [0, 0.1) is 20.8 Å². The lowest BCUT2D eigenvalue weighted by Crippen LogP contribution is -2.30. The normalized spacial score (nSPS) is 12.5. The van der Waals surface area contributed by atoms with Crippen molar-refractivity contribution in [1.29, 1.82) is 0 Å². The van der Waals surface area contributed by atoms with Gasteiger partial charge in [-0.3, -0.25) is 9.48 Å². The van der Waals surface area contributed by atoms with Gasteiger partial charge in [-0.15, -0.1) is 0 Å². The summed E-state index contributed by atoms with van der Waals surface area (Å²) in [7, 11) is -2.21. The summed E-state index contributed by atoms with van der Waals surface area (Å²) >= 11 is 0. The largest absolute Gasteiger partial charge is 0.449 e. The van der Waals surface area contributed by atoms with Crippen LogP contribution in [0.2, 0.25) is 0 Å². The smallest absolute Gasteiger partial charge is 0.339 e. The van der Waals surface area contributed by atoms with Crippen LogP contribution in [0.1, 0.15) is 34.2 Å². The zero-order chi connectivity index (χ0) is 20.5. The van der Waals surface area contributed by atoms with Crippen molar-refractivity contribution in [2.45, 2.75) is 38.7 Å².